The van der Waals surface area contributed by atoms with E-state index in [0.717, 1.165) is 32.5 Å². The highest BCUT2D eigenvalue weighted by molar-refractivity contribution is 6.23. The standard InChI is InChI=1S/C30H31N3O4/c1-37-26-14-8-11-23(19-26)29(35)32(25-15-17-31(18-16-25)21-22-9-4-2-5-10-22)27-20-28(34)33(30(27)36)24-12-6-3-7-13-24/h2-14,19,25,27H,15-18,20-21H2,1H3. The molecule has 190 valence electrons. The van der Waals surface area contributed by atoms with Crippen molar-refractivity contribution in [2.75, 3.05) is 25.1 Å². The maximum absolute atomic E-state index is 13.9. The number of likely N-dealkylation sites (tertiary alicyclic amines) is 1. The smallest absolute Gasteiger partial charge is 0.257 e. The van der Waals surface area contributed by atoms with Gasteiger partial charge in [-0.25, -0.2) is 4.90 Å². The number of benzene rings is 3. The molecule has 0 aromatic heterocycles. The molecule has 37 heavy (non-hydrogen) atoms. The molecule has 0 radical (unpaired) electrons. The van der Waals surface area contributed by atoms with E-state index < -0.39 is 6.04 Å². The molecule has 1 unspecified atom stereocenters. The summed E-state index contributed by atoms with van der Waals surface area (Å²) in [5, 5.41) is 0. The highest BCUT2D eigenvalue weighted by Gasteiger charge is 2.47. The van der Waals surface area contributed by atoms with Gasteiger partial charge in [0.2, 0.25) is 5.91 Å². The number of imide groups is 1. The summed E-state index contributed by atoms with van der Waals surface area (Å²) in [6, 6.07) is 25.2. The van der Waals surface area contributed by atoms with E-state index in [1.807, 2.05) is 24.3 Å². The molecule has 2 saturated heterocycles. The van der Waals surface area contributed by atoms with Gasteiger partial charge in [0.15, 0.2) is 0 Å². The van der Waals surface area contributed by atoms with Gasteiger partial charge in [0.25, 0.3) is 11.8 Å². The molecule has 2 aliphatic rings. The quantitative estimate of drug-likeness (QED) is 0.459. The lowest BCUT2D eigenvalue weighted by Gasteiger charge is -2.40. The lowest BCUT2D eigenvalue weighted by molar-refractivity contribution is -0.123. The van der Waals surface area contributed by atoms with E-state index in [-0.39, 0.29) is 30.2 Å². The second kappa shape index (κ2) is 11.0. The van der Waals surface area contributed by atoms with Crippen molar-refractivity contribution in [1.82, 2.24) is 9.80 Å². The molecule has 0 bridgehead atoms. The number of anilines is 1. The highest BCUT2D eigenvalue weighted by Crippen LogP contribution is 2.31. The lowest BCUT2D eigenvalue weighted by atomic mass is 9.98. The molecule has 3 amide bonds. The largest absolute Gasteiger partial charge is 0.497 e. The Bertz CT molecular complexity index is 1260. The molecule has 2 heterocycles. The Balaban J connectivity index is 1.40. The van der Waals surface area contributed by atoms with E-state index in [1.54, 1.807) is 60.5 Å². The van der Waals surface area contributed by atoms with Crippen LogP contribution in [0.4, 0.5) is 5.69 Å². The summed E-state index contributed by atoms with van der Waals surface area (Å²) in [5.74, 6) is -0.310. The number of amides is 3. The Kier molecular flexibility index (Phi) is 7.32. The van der Waals surface area contributed by atoms with Crippen molar-refractivity contribution >= 4 is 23.4 Å². The van der Waals surface area contributed by atoms with Gasteiger partial charge < -0.3 is 9.64 Å². The van der Waals surface area contributed by atoms with Crippen LogP contribution in [-0.4, -0.2) is 59.8 Å². The van der Waals surface area contributed by atoms with Gasteiger partial charge in [-0.1, -0.05) is 54.6 Å². The van der Waals surface area contributed by atoms with Crippen LogP contribution in [0.5, 0.6) is 5.75 Å². The maximum Gasteiger partial charge on any atom is 0.257 e. The van der Waals surface area contributed by atoms with Crippen LogP contribution in [0.25, 0.3) is 0 Å². The second-order valence-electron chi connectivity index (χ2n) is 9.56. The number of hydrogen-bond donors (Lipinski definition) is 0. The molecular weight excluding hydrogens is 466 g/mol. The van der Waals surface area contributed by atoms with Gasteiger partial charge in [-0.05, 0) is 48.7 Å². The third-order valence-corrected chi connectivity index (χ3v) is 7.22. The summed E-state index contributed by atoms with van der Waals surface area (Å²) in [4.78, 5) is 45.9. The van der Waals surface area contributed by atoms with Gasteiger partial charge in [-0.3, -0.25) is 19.3 Å². The van der Waals surface area contributed by atoms with Crippen molar-refractivity contribution in [3.63, 3.8) is 0 Å². The third kappa shape index (κ3) is 5.27. The Morgan fingerprint density at radius 1 is 0.919 bits per heavy atom. The number of carbonyl (C=O) groups excluding carboxylic acids is 3. The lowest BCUT2D eigenvalue weighted by Crippen LogP contribution is -2.54. The monoisotopic (exact) mass is 497 g/mol. The number of ether oxygens (including phenoxy) is 1. The fourth-order valence-corrected chi connectivity index (χ4v) is 5.35. The van der Waals surface area contributed by atoms with Gasteiger partial charge in [0, 0.05) is 31.2 Å². The average Bonchev–Trinajstić information content (AvgIpc) is 3.23. The molecule has 5 rings (SSSR count). The Morgan fingerprint density at radius 3 is 2.27 bits per heavy atom. The minimum absolute atomic E-state index is 0.0202. The molecule has 0 aliphatic carbocycles. The fourth-order valence-electron chi connectivity index (χ4n) is 5.35. The molecule has 7 heteroatoms. The van der Waals surface area contributed by atoms with Crippen molar-refractivity contribution in [3.05, 3.63) is 96.1 Å². The van der Waals surface area contributed by atoms with Crippen molar-refractivity contribution < 1.29 is 19.1 Å². The van der Waals surface area contributed by atoms with Crippen molar-refractivity contribution in [2.24, 2.45) is 0 Å². The Labute approximate surface area is 217 Å². The predicted molar refractivity (Wildman–Crippen MR) is 141 cm³/mol. The summed E-state index contributed by atoms with van der Waals surface area (Å²) in [5.41, 5.74) is 2.23. The van der Waals surface area contributed by atoms with Crippen LogP contribution < -0.4 is 9.64 Å². The fraction of sp³-hybridized carbons (Fsp3) is 0.300. The number of carbonyl (C=O) groups is 3. The van der Waals surface area contributed by atoms with E-state index in [1.165, 1.54) is 10.5 Å². The molecule has 1 atom stereocenters. The summed E-state index contributed by atoms with van der Waals surface area (Å²) in [7, 11) is 1.56. The molecule has 0 N–H and O–H groups in total. The Hall–Kier alpha value is -3.97. The number of methoxy groups -OCH3 is 1. The van der Waals surface area contributed by atoms with Gasteiger partial charge in [-0.15, -0.1) is 0 Å². The van der Waals surface area contributed by atoms with E-state index in [9.17, 15) is 14.4 Å². The predicted octanol–water partition coefficient (Wildman–Crippen LogP) is 4.13. The summed E-state index contributed by atoms with van der Waals surface area (Å²) in [6.07, 6.45) is 1.44. The molecule has 2 aliphatic heterocycles. The first-order chi connectivity index (χ1) is 18.0. The van der Waals surface area contributed by atoms with Crippen LogP contribution in [0.2, 0.25) is 0 Å². The second-order valence-corrected chi connectivity index (χ2v) is 9.56. The molecule has 2 fully saturated rings. The topological polar surface area (TPSA) is 70.2 Å². The van der Waals surface area contributed by atoms with Gasteiger partial charge in [-0.2, -0.15) is 0 Å². The van der Waals surface area contributed by atoms with Crippen LogP contribution in [0.3, 0.4) is 0 Å². The highest BCUT2D eigenvalue weighted by atomic mass is 16.5. The van der Waals surface area contributed by atoms with Crippen LogP contribution in [0.15, 0.2) is 84.9 Å². The van der Waals surface area contributed by atoms with Crippen LogP contribution >= 0.6 is 0 Å². The third-order valence-electron chi connectivity index (χ3n) is 7.22. The Morgan fingerprint density at radius 2 is 1.59 bits per heavy atom. The number of para-hydroxylation sites is 1. The normalized spacial score (nSPS) is 18.7. The SMILES string of the molecule is COc1cccc(C(=O)N(C2CCN(Cc3ccccc3)CC2)C2CC(=O)N(c3ccccc3)C2=O)c1. The first kappa shape index (κ1) is 24.7. The molecule has 3 aromatic carbocycles. The zero-order valence-electron chi connectivity index (χ0n) is 21.0. The first-order valence-corrected chi connectivity index (χ1v) is 12.7. The summed E-state index contributed by atoms with van der Waals surface area (Å²) < 4.78 is 5.33. The van der Waals surface area contributed by atoms with Crippen LogP contribution in [0, 0.1) is 0 Å². The molecule has 3 aromatic rings. The summed E-state index contributed by atoms with van der Waals surface area (Å²) >= 11 is 0. The molecular formula is C30H31N3O4. The zero-order valence-corrected chi connectivity index (χ0v) is 21.0. The molecule has 0 spiro atoms. The zero-order chi connectivity index (χ0) is 25.8. The number of hydrogen-bond acceptors (Lipinski definition) is 5. The number of piperidine rings is 1. The van der Waals surface area contributed by atoms with Crippen LogP contribution in [-0.2, 0) is 16.1 Å². The minimum atomic E-state index is -0.836. The first-order valence-electron chi connectivity index (χ1n) is 12.7. The van der Waals surface area contributed by atoms with Crippen LogP contribution in [0.1, 0.15) is 35.2 Å². The van der Waals surface area contributed by atoms with Gasteiger partial charge in [0.1, 0.15) is 11.8 Å². The number of nitrogens with zero attached hydrogens (tertiary/aromatic N) is 3. The van der Waals surface area contributed by atoms with E-state index in [2.05, 4.69) is 17.0 Å². The minimum Gasteiger partial charge on any atom is -0.497 e. The summed E-state index contributed by atoms with van der Waals surface area (Å²) in [6.45, 7) is 2.46. The number of rotatable bonds is 7. The van der Waals surface area contributed by atoms with Crippen molar-refractivity contribution in [1.29, 1.82) is 0 Å². The van der Waals surface area contributed by atoms with Gasteiger partial charge in [0.05, 0.1) is 19.2 Å². The van der Waals surface area contributed by atoms with Crippen molar-refractivity contribution in [3.8, 4) is 5.75 Å². The molecule has 7 nitrogen and oxygen atoms in total. The van der Waals surface area contributed by atoms with E-state index in [0.29, 0.717) is 17.0 Å². The van der Waals surface area contributed by atoms with Crippen molar-refractivity contribution in [2.45, 2.75) is 37.9 Å². The van der Waals surface area contributed by atoms with Gasteiger partial charge >= 0.3 is 0 Å². The maximum atomic E-state index is 13.9. The average molecular weight is 498 g/mol. The van der Waals surface area contributed by atoms with E-state index in [4.69, 9.17) is 4.74 Å². The molecule has 0 saturated carbocycles. The van der Waals surface area contributed by atoms with E-state index >= 15 is 0 Å².